The van der Waals surface area contributed by atoms with Crippen LogP contribution in [0.1, 0.15) is 5.69 Å². The maximum atomic E-state index is 12.2. The summed E-state index contributed by atoms with van der Waals surface area (Å²) in [4.78, 5) is 7.14. The van der Waals surface area contributed by atoms with Crippen LogP contribution >= 0.6 is 11.6 Å². The minimum atomic E-state index is -1.01. The van der Waals surface area contributed by atoms with Crippen LogP contribution in [0, 0.1) is 0 Å². The van der Waals surface area contributed by atoms with E-state index in [4.69, 9.17) is 11.6 Å². The summed E-state index contributed by atoms with van der Waals surface area (Å²) in [5.74, 6) is 1.30. The quantitative estimate of drug-likeness (QED) is 0.631. The van der Waals surface area contributed by atoms with Crippen LogP contribution in [0.25, 0.3) is 0 Å². The normalized spacial score (nSPS) is 12.9. The van der Waals surface area contributed by atoms with Gasteiger partial charge in [-0.1, -0.05) is 29.8 Å². The molecular formula is C17H23ClN4OS. The molecular weight excluding hydrogens is 344 g/mol. The molecule has 0 radical (unpaired) electrons. The van der Waals surface area contributed by atoms with E-state index in [0.717, 1.165) is 21.6 Å². The molecule has 130 valence electrons. The first kappa shape index (κ1) is 18.5. The van der Waals surface area contributed by atoms with Gasteiger partial charge in [-0.15, -0.1) is 0 Å². The summed E-state index contributed by atoms with van der Waals surface area (Å²) in [5.41, 5.74) is 1.10. The lowest BCUT2D eigenvalue weighted by Gasteiger charge is -2.22. The third kappa shape index (κ3) is 5.11. The van der Waals surface area contributed by atoms with Crippen LogP contribution in [0.4, 0.5) is 0 Å². The number of benzene rings is 1. The second-order valence-corrected chi connectivity index (χ2v) is 7.46. The summed E-state index contributed by atoms with van der Waals surface area (Å²) in [6.07, 6.45) is 1.88. The fraction of sp³-hybridized carbons (Fsp3) is 0.353. The summed E-state index contributed by atoms with van der Waals surface area (Å²) >= 11 is 6.02. The van der Waals surface area contributed by atoms with Crippen molar-refractivity contribution in [2.75, 3.05) is 26.4 Å². The Labute approximate surface area is 150 Å². The molecule has 5 nitrogen and oxygen atoms in total. The molecule has 2 rings (SSSR count). The highest BCUT2D eigenvalue weighted by Crippen LogP contribution is 2.14. The van der Waals surface area contributed by atoms with Gasteiger partial charge in [0.05, 0.1) is 22.4 Å². The summed E-state index contributed by atoms with van der Waals surface area (Å²) in [5, 5.41) is 3.98. The van der Waals surface area contributed by atoms with Crippen molar-refractivity contribution < 1.29 is 4.21 Å². The number of rotatable bonds is 6. The van der Waals surface area contributed by atoms with E-state index in [2.05, 4.69) is 10.3 Å². The van der Waals surface area contributed by atoms with E-state index in [1.165, 1.54) is 0 Å². The first-order valence-electron chi connectivity index (χ1n) is 7.67. The van der Waals surface area contributed by atoms with Crippen LogP contribution < -0.4 is 5.32 Å². The number of nitrogens with one attached hydrogen (secondary N) is 1. The molecule has 1 heterocycles. The fourth-order valence-electron chi connectivity index (χ4n) is 2.37. The van der Waals surface area contributed by atoms with Gasteiger partial charge in [0.1, 0.15) is 0 Å². The van der Waals surface area contributed by atoms with Gasteiger partial charge in [-0.05, 0) is 18.2 Å². The van der Waals surface area contributed by atoms with Gasteiger partial charge in [0.15, 0.2) is 5.96 Å². The number of nitrogens with zero attached hydrogens (tertiary/aromatic N) is 3. The molecule has 0 bridgehead atoms. The zero-order valence-electron chi connectivity index (χ0n) is 14.2. The van der Waals surface area contributed by atoms with E-state index in [0.29, 0.717) is 18.8 Å². The van der Waals surface area contributed by atoms with Crippen LogP contribution in [0.2, 0.25) is 5.02 Å². The molecule has 0 saturated carbocycles. The Hall–Kier alpha value is -1.79. The number of aliphatic imine (C=N–C) groups is 1. The van der Waals surface area contributed by atoms with Crippen molar-refractivity contribution in [2.24, 2.45) is 12.0 Å². The molecule has 0 spiro atoms. The molecule has 1 unspecified atom stereocenters. The van der Waals surface area contributed by atoms with Crippen molar-refractivity contribution in [1.29, 1.82) is 0 Å². The highest BCUT2D eigenvalue weighted by Gasteiger charge is 2.10. The van der Waals surface area contributed by atoms with Crippen molar-refractivity contribution in [3.63, 3.8) is 0 Å². The molecule has 0 amide bonds. The first-order chi connectivity index (χ1) is 11.5. The van der Waals surface area contributed by atoms with E-state index in [1.54, 1.807) is 7.05 Å². The fourth-order valence-corrected chi connectivity index (χ4v) is 3.63. The van der Waals surface area contributed by atoms with E-state index in [9.17, 15) is 4.21 Å². The maximum absolute atomic E-state index is 12.2. The molecule has 0 fully saturated rings. The number of guanidine groups is 1. The molecule has 24 heavy (non-hydrogen) atoms. The summed E-state index contributed by atoms with van der Waals surface area (Å²) in [7, 11) is 4.66. The molecule has 1 atom stereocenters. The Morgan fingerprint density at radius 3 is 2.67 bits per heavy atom. The lowest BCUT2D eigenvalue weighted by molar-refractivity contribution is 0.464. The van der Waals surface area contributed by atoms with Crippen molar-refractivity contribution in [2.45, 2.75) is 11.4 Å². The average molecular weight is 367 g/mol. The van der Waals surface area contributed by atoms with Crippen molar-refractivity contribution in [3.8, 4) is 0 Å². The number of aryl methyl sites for hydroxylation is 1. The van der Waals surface area contributed by atoms with Gasteiger partial charge in [-0.2, -0.15) is 0 Å². The van der Waals surface area contributed by atoms with E-state index < -0.39 is 10.8 Å². The third-order valence-electron chi connectivity index (χ3n) is 3.62. The number of halogens is 1. The van der Waals surface area contributed by atoms with Crippen LogP contribution in [0.5, 0.6) is 0 Å². The highest BCUT2D eigenvalue weighted by molar-refractivity contribution is 7.85. The first-order valence-corrected chi connectivity index (χ1v) is 9.37. The minimum Gasteiger partial charge on any atom is -0.355 e. The Morgan fingerprint density at radius 2 is 2.08 bits per heavy atom. The zero-order chi connectivity index (χ0) is 17.5. The SMILES string of the molecule is CN=C(NCCS(=O)c1ccccc1)N(C)Cc1cc(Cl)cn1C. The zero-order valence-corrected chi connectivity index (χ0v) is 15.8. The molecule has 2 aromatic rings. The van der Waals surface area contributed by atoms with Crippen LogP contribution in [-0.2, 0) is 24.4 Å². The van der Waals surface area contributed by atoms with Gasteiger partial charge in [0, 0.05) is 50.2 Å². The van der Waals surface area contributed by atoms with E-state index >= 15 is 0 Å². The number of aromatic nitrogens is 1. The molecule has 0 aliphatic rings. The standard InChI is InChI=1S/C17H23ClN4OS/c1-19-17(22(3)13-15-11-14(18)12-21(15)2)20-9-10-24(23)16-7-5-4-6-8-16/h4-8,11-12H,9-10,13H2,1-3H3,(H,19,20). The third-order valence-corrected chi connectivity index (χ3v) is 5.20. The van der Waals surface area contributed by atoms with Crippen LogP contribution in [0.15, 0.2) is 52.5 Å². The van der Waals surface area contributed by atoms with Crippen LogP contribution in [0.3, 0.4) is 0 Å². The number of hydrogen-bond donors (Lipinski definition) is 1. The van der Waals surface area contributed by atoms with Gasteiger partial charge in [-0.25, -0.2) is 0 Å². The topological polar surface area (TPSA) is 49.6 Å². The summed E-state index contributed by atoms with van der Waals surface area (Å²) in [6.45, 7) is 1.27. The van der Waals surface area contributed by atoms with Crippen LogP contribution in [-0.4, -0.2) is 46.0 Å². The van der Waals surface area contributed by atoms with Gasteiger partial charge in [0.2, 0.25) is 0 Å². The van der Waals surface area contributed by atoms with E-state index in [-0.39, 0.29) is 0 Å². The molecule has 0 saturated heterocycles. The van der Waals surface area contributed by atoms with Crippen molar-refractivity contribution >= 4 is 28.4 Å². The second kappa shape index (κ2) is 8.89. The minimum absolute atomic E-state index is 0.535. The largest absolute Gasteiger partial charge is 0.355 e. The highest BCUT2D eigenvalue weighted by atomic mass is 35.5. The Kier molecular flexibility index (Phi) is 6.87. The monoisotopic (exact) mass is 366 g/mol. The van der Waals surface area contributed by atoms with Gasteiger partial charge in [0.25, 0.3) is 0 Å². The van der Waals surface area contributed by atoms with Gasteiger partial charge in [-0.3, -0.25) is 9.20 Å². The van der Waals surface area contributed by atoms with Gasteiger partial charge < -0.3 is 14.8 Å². The van der Waals surface area contributed by atoms with E-state index in [1.807, 2.05) is 66.2 Å². The number of hydrogen-bond acceptors (Lipinski definition) is 2. The summed E-state index contributed by atoms with van der Waals surface area (Å²) < 4.78 is 14.2. The molecule has 1 aromatic carbocycles. The van der Waals surface area contributed by atoms with Gasteiger partial charge >= 0.3 is 0 Å². The predicted molar refractivity (Wildman–Crippen MR) is 101 cm³/mol. The molecule has 0 aliphatic heterocycles. The lowest BCUT2D eigenvalue weighted by atomic mass is 10.4. The maximum Gasteiger partial charge on any atom is 0.193 e. The predicted octanol–water partition coefficient (Wildman–Crippen LogP) is 2.49. The summed E-state index contributed by atoms with van der Waals surface area (Å²) in [6, 6.07) is 11.4. The lowest BCUT2D eigenvalue weighted by Crippen LogP contribution is -2.40. The molecule has 7 heteroatoms. The molecule has 1 aromatic heterocycles. The molecule has 1 N–H and O–H groups in total. The Balaban J connectivity index is 1.86. The smallest absolute Gasteiger partial charge is 0.193 e. The average Bonchev–Trinajstić information content (AvgIpc) is 2.89. The second-order valence-electron chi connectivity index (χ2n) is 5.45. The van der Waals surface area contributed by atoms with Crippen molar-refractivity contribution in [1.82, 2.24) is 14.8 Å². The van der Waals surface area contributed by atoms with Crippen molar-refractivity contribution in [3.05, 3.63) is 53.3 Å². The molecule has 0 aliphatic carbocycles. The Morgan fingerprint density at radius 1 is 1.38 bits per heavy atom. The Bertz CT molecular complexity index is 715.